The zero-order valence-corrected chi connectivity index (χ0v) is 12.4. The van der Waals surface area contributed by atoms with Crippen molar-refractivity contribution in [3.8, 4) is 0 Å². The van der Waals surface area contributed by atoms with E-state index >= 15 is 0 Å². The highest BCUT2D eigenvalue weighted by atomic mass is 16.5. The van der Waals surface area contributed by atoms with Gasteiger partial charge in [-0.1, -0.05) is 0 Å². The van der Waals surface area contributed by atoms with Gasteiger partial charge < -0.3 is 15.4 Å². The minimum absolute atomic E-state index is 0.506. The quantitative estimate of drug-likeness (QED) is 0.619. The molecule has 112 valence electrons. The van der Waals surface area contributed by atoms with E-state index in [0.29, 0.717) is 5.41 Å². The van der Waals surface area contributed by atoms with Crippen LogP contribution in [0.15, 0.2) is 4.99 Å². The second kappa shape index (κ2) is 4.90. The summed E-state index contributed by atoms with van der Waals surface area (Å²) >= 11 is 0. The van der Waals surface area contributed by atoms with Crippen molar-refractivity contribution in [2.75, 3.05) is 32.8 Å². The molecule has 0 spiro atoms. The van der Waals surface area contributed by atoms with Crippen molar-refractivity contribution in [1.82, 2.24) is 4.90 Å². The van der Waals surface area contributed by atoms with Crippen LogP contribution < -0.4 is 5.73 Å². The fourth-order valence-electron chi connectivity index (χ4n) is 5.62. The maximum atomic E-state index is 6.20. The lowest BCUT2D eigenvalue weighted by Gasteiger charge is -2.56. The summed E-state index contributed by atoms with van der Waals surface area (Å²) in [5.74, 6) is 3.76. The number of nitrogens with zero attached hydrogens (tertiary/aromatic N) is 2. The first-order valence-corrected chi connectivity index (χ1v) is 8.35. The van der Waals surface area contributed by atoms with E-state index in [0.717, 1.165) is 56.6 Å². The monoisotopic (exact) mass is 277 g/mol. The van der Waals surface area contributed by atoms with Gasteiger partial charge >= 0.3 is 0 Å². The van der Waals surface area contributed by atoms with Gasteiger partial charge in [-0.05, 0) is 61.7 Å². The molecule has 20 heavy (non-hydrogen) atoms. The van der Waals surface area contributed by atoms with Gasteiger partial charge in [-0.3, -0.25) is 4.99 Å². The molecule has 0 aromatic heterocycles. The Hall–Kier alpha value is -0.770. The average molecular weight is 277 g/mol. The molecule has 1 saturated heterocycles. The van der Waals surface area contributed by atoms with Gasteiger partial charge in [0.15, 0.2) is 5.96 Å². The first-order chi connectivity index (χ1) is 9.72. The van der Waals surface area contributed by atoms with Gasteiger partial charge in [0.25, 0.3) is 0 Å². The molecule has 0 aromatic rings. The van der Waals surface area contributed by atoms with Crippen molar-refractivity contribution < 1.29 is 4.74 Å². The number of rotatable bonds is 2. The van der Waals surface area contributed by atoms with E-state index in [1.54, 1.807) is 0 Å². The SMILES string of the molecule is NC(=NCC12CC3CC(CC(C3)C1)C2)N1CCOCC1. The molecular formula is C16H27N3O. The van der Waals surface area contributed by atoms with Crippen molar-refractivity contribution in [3.63, 3.8) is 0 Å². The number of aliphatic imine (C=N–C) groups is 1. The molecular weight excluding hydrogens is 250 g/mol. The molecule has 4 heteroatoms. The Balaban J connectivity index is 1.43. The molecule has 1 heterocycles. The third-order valence-electron chi connectivity index (χ3n) is 6.08. The smallest absolute Gasteiger partial charge is 0.191 e. The molecule has 0 unspecified atom stereocenters. The first kappa shape index (κ1) is 12.9. The Kier molecular flexibility index (Phi) is 3.17. The number of hydrogen-bond donors (Lipinski definition) is 1. The van der Waals surface area contributed by atoms with Crippen LogP contribution in [0, 0.1) is 23.2 Å². The molecule has 0 amide bonds. The first-order valence-electron chi connectivity index (χ1n) is 8.35. The summed E-state index contributed by atoms with van der Waals surface area (Å²) in [6.45, 7) is 4.34. The van der Waals surface area contributed by atoms with E-state index in [1.165, 1.54) is 38.5 Å². The molecule has 0 aromatic carbocycles. The molecule has 4 nitrogen and oxygen atoms in total. The molecule has 5 fully saturated rings. The topological polar surface area (TPSA) is 50.8 Å². The molecule has 1 aliphatic heterocycles. The Labute approximate surface area is 121 Å². The summed E-state index contributed by atoms with van der Waals surface area (Å²) in [6.07, 6.45) is 8.75. The van der Waals surface area contributed by atoms with Crippen LogP contribution >= 0.6 is 0 Å². The highest BCUT2D eigenvalue weighted by molar-refractivity contribution is 5.78. The number of hydrogen-bond acceptors (Lipinski definition) is 2. The number of ether oxygens (including phenoxy) is 1. The molecule has 4 aliphatic carbocycles. The van der Waals surface area contributed by atoms with Gasteiger partial charge in [-0.2, -0.15) is 0 Å². The van der Waals surface area contributed by atoms with Crippen molar-refractivity contribution in [2.24, 2.45) is 33.9 Å². The van der Waals surface area contributed by atoms with Crippen LogP contribution in [0.5, 0.6) is 0 Å². The number of guanidine groups is 1. The lowest BCUT2D eigenvalue weighted by molar-refractivity contribution is -0.0466. The van der Waals surface area contributed by atoms with Crippen LogP contribution in [0.4, 0.5) is 0 Å². The van der Waals surface area contributed by atoms with Crippen molar-refractivity contribution >= 4 is 5.96 Å². The summed E-state index contributed by atoms with van der Waals surface area (Å²) in [5, 5.41) is 0. The molecule has 4 bridgehead atoms. The standard InChI is InChI=1S/C16H27N3O/c17-15(19-1-3-20-4-2-19)18-11-16-8-12-5-13(9-16)7-14(6-12)10-16/h12-14H,1-11H2,(H2,17,18). The van der Waals surface area contributed by atoms with Crippen LogP contribution in [0.2, 0.25) is 0 Å². The maximum Gasteiger partial charge on any atom is 0.191 e. The molecule has 0 radical (unpaired) electrons. The molecule has 2 N–H and O–H groups in total. The largest absolute Gasteiger partial charge is 0.378 e. The summed E-state index contributed by atoms with van der Waals surface area (Å²) in [7, 11) is 0. The van der Waals surface area contributed by atoms with Crippen LogP contribution in [0.1, 0.15) is 38.5 Å². The average Bonchev–Trinajstić information content (AvgIpc) is 2.44. The highest BCUT2D eigenvalue weighted by Gasteiger charge is 2.50. The number of nitrogens with two attached hydrogens (primary N) is 1. The maximum absolute atomic E-state index is 6.20. The third-order valence-corrected chi connectivity index (χ3v) is 6.08. The van der Waals surface area contributed by atoms with Gasteiger partial charge in [0.2, 0.25) is 0 Å². The second-order valence-electron chi connectivity index (χ2n) is 7.69. The summed E-state index contributed by atoms with van der Waals surface area (Å²) in [4.78, 5) is 6.99. The third kappa shape index (κ3) is 2.32. The molecule has 0 atom stereocenters. The molecule has 5 rings (SSSR count). The van der Waals surface area contributed by atoms with Gasteiger partial charge in [0.1, 0.15) is 0 Å². The van der Waals surface area contributed by atoms with Crippen molar-refractivity contribution in [2.45, 2.75) is 38.5 Å². The molecule has 4 saturated carbocycles. The van der Waals surface area contributed by atoms with Gasteiger partial charge in [0, 0.05) is 19.6 Å². The normalized spacial score (nSPS) is 44.1. The predicted octanol–water partition coefficient (Wildman–Crippen LogP) is 1.85. The van der Waals surface area contributed by atoms with E-state index in [-0.39, 0.29) is 0 Å². The van der Waals surface area contributed by atoms with Crippen molar-refractivity contribution in [3.05, 3.63) is 0 Å². The zero-order valence-electron chi connectivity index (χ0n) is 12.4. The lowest BCUT2D eigenvalue weighted by Crippen LogP contribution is -2.49. The van der Waals surface area contributed by atoms with E-state index < -0.39 is 0 Å². The Morgan fingerprint density at radius 1 is 1.05 bits per heavy atom. The van der Waals surface area contributed by atoms with E-state index in [9.17, 15) is 0 Å². The van der Waals surface area contributed by atoms with Gasteiger partial charge in [-0.15, -0.1) is 0 Å². The summed E-state index contributed by atoms with van der Waals surface area (Å²) in [5.41, 5.74) is 6.70. The highest BCUT2D eigenvalue weighted by Crippen LogP contribution is 2.60. The van der Waals surface area contributed by atoms with Crippen molar-refractivity contribution in [1.29, 1.82) is 0 Å². The fourth-order valence-corrected chi connectivity index (χ4v) is 5.62. The second-order valence-corrected chi connectivity index (χ2v) is 7.69. The minimum Gasteiger partial charge on any atom is -0.378 e. The van der Waals surface area contributed by atoms with E-state index in [4.69, 9.17) is 15.5 Å². The van der Waals surface area contributed by atoms with Crippen LogP contribution in [0.3, 0.4) is 0 Å². The van der Waals surface area contributed by atoms with Gasteiger partial charge in [-0.25, -0.2) is 0 Å². The predicted molar refractivity (Wildman–Crippen MR) is 79.5 cm³/mol. The Bertz CT molecular complexity index is 365. The van der Waals surface area contributed by atoms with Crippen LogP contribution in [-0.2, 0) is 4.74 Å². The van der Waals surface area contributed by atoms with E-state index in [2.05, 4.69) is 4.90 Å². The van der Waals surface area contributed by atoms with Gasteiger partial charge in [0.05, 0.1) is 13.2 Å². The molecule has 5 aliphatic rings. The minimum atomic E-state index is 0.506. The van der Waals surface area contributed by atoms with Crippen LogP contribution in [0.25, 0.3) is 0 Å². The van der Waals surface area contributed by atoms with E-state index in [1.807, 2.05) is 0 Å². The Morgan fingerprint density at radius 3 is 2.15 bits per heavy atom. The summed E-state index contributed by atoms with van der Waals surface area (Å²) < 4.78 is 5.38. The fraction of sp³-hybridized carbons (Fsp3) is 0.938. The lowest BCUT2D eigenvalue weighted by atomic mass is 9.49. The summed E-state index contributed by atoms with van der Waals surface area (Å²) in [6, 6.07) is 0. The van der Waals surface area contributed by atoms with Crippen LogP contribution in [-0.4, -0.2) is 43.7 Å². The zero-order chi connectivity index (χ0) is 13.6. The number of morpholine rings is 1. The Morgan fingerprint density at radius 2 is 1.60 bits per heavy atom.